The van der Waals surface area contributed by atoms with Crippen LogP contribution in [0.5, 0.6) is 5.75 Å². The third kappa shape index (κ3) is 3.48. The van der Waals surface area contributed by atoms with Crippen molar-refractivity contribution in [3.63, 3.8) is 0 Å². The van der Waals surface area contributed by atoms with Gasteiger partial charge < -0.3 is 24.2 Å². The predicted octanol–water partition coefficient (Wildman–Crippen LogP) is 0.814. The van der Waals surface area contributed by atoms with Gasteiger partial charge in [0.05, 0.1) is 25.2 Å². The first kappa shape index (κ1) is 17.7. The average Bonchev–Trinajstić information content (AvgIpc) is 2.90. The molecule has 7 nitrogen and oxygen atoms in total. The number of rotatable bonds is 6. The molecule has 0 spiro atoms. The number of carboxylic acids is 1. The first-order valence-corrected chi connectivity index (χ1v) is 8.35. The maximum atomic E-state index is 12.4. The molecule has 2 atom stereocenters. The largest absolute Gasteiger partial charge is 0.493 e. The molecular weight excluding hydrogens is 326 g/mol. The summed E-state index contributed by atoms with van der Waals surface area (Å²) < 4.78 is 16.0. The van der Waals surface area contributed by atoms with E-state index in [4.69, 9.17) is 14.2 Å². The molecular formula is C18H23NO6. The molecule has 1 aromatic carbocycles. The van der Waals surface area contributed by atoms with Gasteiger partial charge in [0.15, 0.2) is 0 Å². The minimum absolute atomic E-state index is 0.0662. The van der Waals surface area contributed by atoms with Gasteiger partial charge in [-0.15, -0.1) is 0 Å². The third-order valence-corrected chi connectivity index (χ3v) is 5.05. The van der Waals surface area contributed by atoms with Crippen LogP contribution in [0.1, 0.15) is 5.56 Å². The second-order valence-corrected chi connectivity index (χ2v) is 6.57. The highest BCUT2D eigenvalue weighted by atomic mass is 16.5. The number of ether oxygens (including phenoxy) is 3. The number of amides is 1. The van der Waals surface area contributed by atoms with Gasteiger partial charge in [0.2, 0.25) is 5.91 Å². The van der Waals surface area contributed by atoms with Crippen molar-refractivity contribution >= 4 is 11.9 Å². The molecule has 1 aromatic rings. The molecule has 0 radical (unpaired) electrons. The molecule has 0 aliphatic carbocycles. The zero-order chi connectivity index (χ0) is 17.9. The quantitative estimate of drug-likeness (QED) is 0.765. The number of carboxylic acid groups (broad SMARTS) is 1. The zero-order valence-corrected chi connectivity index (χ0v) is 14.3. The Labute approximate surface area is 146 Å². The number of nitrogens with zero attached hydrogens (tertiary/aromatic N) is 1. The maximum Gasteiger partial charge on any atom is 0.312 e. The molecule has 136 valence electrons. The van der Waals surface area contributed by atoms with Crippen LogP contribution in [0.3, 0.4) is 0 Å². The Balaban J connectivity index is 1.74. The third-order valence-electron chi connectivity index (χ3n) is 5.05. The SMILES string of the molecule is COCCOCC(=O)N1C[C@H]2COc3ccccc3C[C@@]2(C(=O)O)C1. The first-order chi connectivity index (χ1) is 12.1. The van der Waals surface area contributed by atoms with Gasteiger partial charge in [-0.25, -0.2) is 0 Å². The van der Waals surface area contributed by atoms with E-state index >= 15 is 0 Å². The van der Waals surface area contributed by atoms with E-state index in [1.54, 1.807) is 12.0 Å². The molecule has 1 amide bonds. The summed E-state index contributed by atoms with van der Waals surface area (Å²) in [5, 5.41) is 9.95. The Bertz CT molecular complexity index is 648. The van der Waals surface area contributed by atoms with Gasteiger partial charge in [-0.1, -0.05) is 18.2 Å². The van der Waals surface area contributed by atoms with E-state index in [1.165, 1.54) is 0 Å². The molecule has 0 saturated carbocycles. The Morgan fingerprint density at radius 3 is 2.92 bits per heavy atom. The summed E-state index contributed by atoms with van der Waals surface area (Å²) in [6.07, 6.45) is 0.359. The maximum absolute atomic E-state index is 12.4. The van der Waals surface area contributed by atoms with Crippen LogP contribution in [0.25, 0.3) is 0 Å². The van der Waals surface area contributed by atoms with Crippen LogP contribution in [0.15, 0.2) is 24.3 Å². The second kappa shape index (κ2) is 7.41. The van der Waals surface area contributed by atoms with Gasteiger partial charge in [-0.05, 0) is 18.1 Å². The molecule has 25 heavy (non-hydrogen) atoms. The molecule has 3 rings (SSSR count). The summed E-state index contributed by atoms with van der Waals surface area (Å²) in [5.74, 6) is -0.592. The lowest BCUT2D eigenvalue weighted by Gasteiger charge is -2.27. The summed E-state index contributed by atoms with van der Waals surface area (Å²) >= 11 is 0. The molecule has 2 aliphatic rings. The molecule has 2 aliphatic heterocycles. The fraction of sp³-hybridized carbons (Fsp3) is 0.556. The molecule has 0 unspecified atom stereocenters. The van der Waals surface area contributed by atoms with Crippen LogP contribution < -0.4 is 4.74 Å². The number of likely N-dealkylation sites (tertiary alicyclic amines) is 1. The molecule has 1 saturated heterocycles. The van der Waals surface area contributed by atoms with E-state index in [0.717, 1.165) is 11.3 Å². The number of hydrogen-bond donors (Lipinski definition) is 1. The highest BCUT2D eigenvalue weighted by molar-refractivity contribution is 5.82. The fourth-order valence-electron chi connectivity index (χ4n) is 3.61. The van der Waals surface area contributed by atoms with Crippen molar-refractivity contribution in [1.29, 1.82) is 0 Å². The average molecular weight is 349 g/mol. The number of benzene rings is 1. The van der Waals surface area contributed by atoms with Gasteiger partial charge in [0.1, 0.15) is 12.4 Å². The summed E-state index contributed by atoms with van der Waals surface area (Å²) in [4.78, 5) is 26.1. The lowest BCUT2D eigenvalue weighted by molar-refractivity contribution is -0.151. The van der Waals surface area contributed by atoms with Crippen molar-refractivity contribution in [1.82, 2.24) is 4.90 Å². The van der Waals surface area contributed by atoms with Crippen LogP contribution >= 0.6 is 0 Å². The number of hydrogen-bond acceptors (Lipinski definition) is 5. The van der Waals surface area contributed by atoms with Crippen LogP contribution in [0, 0.1) is 11.3 Å². The van der Waals surface area contributed by atoms with E-state index in [9.17, 15) is 14.7 Å². The molecule has 7 heteroatoms. The normalized spacial score (nSPS) is 24.8. The summed E-state index contributed by atoms with van der Waals surface area (Å²) in [5.41, 5.74) is -0.146. The zero-order valence-electron chi connectivity index (χ0n) is 14.3. The summed E-state index contributed by atoms with van der Waals surface area (Å²) in [6, 6.07) is 7.50. The number of methoxy groups -OCH3 is 1. The molecule has 0 aromatic heterocycles. The Kier molecular flexibility index (Phi) is 5.24. The molecule has 1 fully saturated rings. The van der Waals surface area contributed by atoms with Crippen molar-refractivity contribution in [3.05, 3.63) is 29.8 Å². The minimum atomic E-state index is -1.02. The Hall–Kier alpha value is -2.12. The van der Waals surface area contributed by atoms with Gasteiger partial charge in [0, 0.05) is 26.1 Å². The highest BCUT2D eigenvalue weighted by Gasteiger charge is 2.55. The van der Waals surface area contributed by atoms with E-state index in [2.05, 4.69) is 0 Å². The van der Waals surface area contributed by atoms with E-state index in [-0.39, 0.29) is 31.6 Å². The highest BCUT2D eigenvalue weighted by Crippen LogP contribution is 2.44. The number of aliphatic carboxylic acids is 1. The van der Waals surface area contributed by atoms with Crippen molar-refractivity contribution in [2.45, 2.75) is 6.42 Å². The monoisotopic (exact) mass is 349 g/mol. The Morgan fingerprint density at radius 2 is 2.16 bits per heavy atom. The van der Waals surface area contributed by atoms with Crippen LogP contribution in [0.2, 0.25) is 0 Å². The second-order valence-electron chi connectivity index (χ2n) is 6.57. The number of para-hydroxylation sites is 1. The lowest BCUT2D eigenvalue weighted by Crippen LogP contribution is -2.42. The first-order valence-electron chi connectivity index (χ1n) is 8.35. The Morgan fingerprint density at radius 1 is 1.36 bits per heavy atom. The predicted molar refractivity (Wildman–Crippen MR) is 88.5 cm³/mol. The standard InChI is InChI=1S/C18H23NO6/c1-23-6-7-24-11-16(20)19-9-14-10-25-15-5-3-2-4-13(15)8-18(14,12-19)17(21)22/h2-5,14H,6-12H2,1H3,(H,21,22)/t14-,18+/m0/s1. The molecule has 1 N–H and O–H groups in total. The van der Waals surface area contributed by atoms with Gasteiger partial charge in [-0.3, -0.25) is 9.59 Å². The van der Waals surface area contributed by atoms with Crippen LogP contribution in [-0.2, 0) is 25.5 Å². The lowest BCUT2D eigenvalue weighted by atomic mass is 9.74. The van der Waals surface area contributed by atoms with Gasteiger partial charge in [0.25, 0.3) is 0 Å². The summed E-state index contributed by atoms with van der Waals surface area (Å²) in [7, 11) is 1.56. The van der Waals surface area contributed by atoms with E-state index in [0.29, 0.717) is 26.2 Å². The van der Waals surface area contributed by atoms with E-state index in [1.807, 2.05) is 24.3 Å². The smallest absolute Gasteiger partial charge is 0.312 e. The van der Waals surface area contributed by atoms with Crippen molar-refractivity contribution in [3.8, 4) is 5.75 Å². The number of carbonyl (C=O) groups excluding carboxylic acids is 1. The molecule has 2 heterocycles. The number of carbonyl (C=O) groups is 2. The summed E-state index contributed by atoms with van der Waals surface area (Å²) in [6.45, 7) is 1.52. The topological polar surface area (TPSA) is 85.3 Å². The fourth-order valence-corrected chi connectivity index (χ4v) is 3.61. The van der Waals surface area contributed by atoms with Crippen molar-refractivity contribution < 1.29 is 28.9 Å². The van der Waals surface area contributed by atoms with Gasteiger partial charge in [-0.2, -0.15) is 0 Å². The molecule has 0 bridgehead atoms. The van der Waals surface area contributed by atoms with E-state index < -0.39 is 11.4 Å². The van der Waals surface area contributed by atoms with Crippen molar-refractivity contribution in [2.24, 2.45) is 11.3 Å². The number of fused-ring (bicyclic) bond motifs is 2. The van der Waals surface area contributed by atoms with Crippen molar-refractivity contribution in [2.75, 3.05) is 46.6 Å². The van der Waals surface area contributed by atoms with Crippen LogP contribution in [0.4, 0.5) is 0 Å². The minimum Gasteiger partial charge on any atom is -0.493 e. The van der Waals surface area contributed by atoms with Crippen LogP contribution in [-0.4, -0.2) is 68.5 Å². The van der Waals surface area contributed by atoms with Gasteiger partial charge >= 0.3 is 5.97 Å².